The Morgan fingerprint density at radius 1 is 1.26 bits per heavy atom. The molecule has 0 atom stereocenters. The number of aliphatic imine (C=N–C) groups is 1. The molecule has 0 amide bonds. The van der Waals surface area contributed by atoms with E-state index >= 15 is 0 Å². The van der Waals surface area contributed by atoms with Crippen LogP contribution in [0.4, 0.5) is 0 Å². The van der Waals surface area contributed by atoms with Crippen molar-refractivity contribution in [3.8, 4) is 11.5 Å². The number of methoxy groups -OCH3 is 1. The van der Waals surface area contributed by atoms with Crippen molar-refractivity contribution in [1.82, 2.24) is 15.6 Å². The lowest BCUT2D eigenvalue weighted by atomic mass is 10.2. The second-order valence-corrected chi connectivity index (χ2v) is 6.88. The second kappa shape index (κ2) is 11.4. The minimum atomic E-state index is -0.0360. The number of hydrogen-bond donors (Lipinski definition) is 3. The molecule has 2 aromatic rings. The number of benzene rings is 1. The highest BCUT2D eigenvalue weighted by atomic mass is 32.1. The van der Waals surface area contributed by atoms with Gasteiger partial charge in [0.15, 0.2) is 17.5 Å². The molecule has 3 N–H and O–H groups in total. The summed E-state index contributed by atoms with van der Waals surface area (Å²) in [5.74, 6) is 1.98. The smallest absolute Gasteiger partial charge is 0.191 e. The summed E-state index contributed by atoms with van der Waals surface area (Å²) in [4.78, 5) is 10.3. The maximum absolute atomic E-state index is 8.89. The van der Waals surface area contributed by atoms with Gasteiger partial charge in [0, 0.05) is 17.6 Å². The van der Waals surface area contributed by atoms with Crippen molar-refractivity contribution in [1.29, 1.82) is 0 Å². The van der Waals surface area contributed by atoms with Gasteiger partial charge in [-0.05, 0) is 31.0 Å². The average molecular weight is 393 g/mol. The molecule has 148 valence electrons. The molecule has 27 heavy (non-hydrogen) atoms. The molecule has 2 rings (SSSR count). The molecule has 0 aliphatic rings. The molecule has 0 aliphatic carbocycles. The van der Waals surface area contributed by atoms with E-state index in [0.717, 1.165) is 29.5 Å². The van der Waals surface area contributed by atoms with E-state index in [1.807, 2.05) is 31.3 Å². The van der Waals surface area contributed by atoms with Crippen LogP contribution in [-0.4, -0.2) is 42.9 Å². The van der Waals surface area contributed by atoms with E-state index in [1.54, 1.807) is 18.4 Å². The number of hydrogen-bond acceptors (Lipinski definition) is 6. The third-order valence-electron chi connectivity index (χ3n) is 3.70. The van der Waals surface area contributed by atoms with E-state index < -0.39 is 0 Å². The van der Waals surface area contributed by atoms with Gasteiger partial charge in [-0.3, -0.25) is 0 Å². The third-order valence-corrected chi connectivity index (χ3v) is 4.84. The molecule has 0 saturated carbocycles. The summed E-state index contributed by atoms with van der Waals surface area (Å²) < 4.78 is 10.8. The maximum atomic E-state index is 8.89. The molecule has 0 unspecified atom stereocenters. The molecular formula is C19H28N4O3S. The normalized spacial score (nSPS) is 11.3. The number of aliphatic hydroxyl groups excluding tert-OH is 1. The van der Waals surface area contributed by atoms with Crippen LogP contribution in [-0.2, 0) is 19.5 Å². The Balaban J connectivity index is 2.00. The van der Waals surface area contributed by atoms with Gasteiger partial charge in [-0.15, -0.1) is 11.3 Å². The lowest BCUT2D eigenvalue weighted by Gasteiger charge is -2.12. The lowest BCUT2D eigenvalue weighted by Crippen LogP contribution is -2.36. The zero-order chi connectivity index (χ0) is 19.5. The first kappa shape index (κ1) is 21.0. The molecule has 1 heterocycles. The Bertz CT molecular complexity index is 733. The summed E-state index contributed by atoms with van der Waals surface area (Å²) in [7, 11) is 1.60. The van der Waals surface area contributed by atoms with E-state index in [1.165, 1.54) is 4.88 Å². The molecule has 0 radical (unpaired) electrons. The first-order chi connectivity index (χ1) is 13.2. The van der Waals surface area contributed by atoms with Gasteiger partial charge in [0.05, 0.1) is 26.8 Å². The number of guanidine groups is 1. The summed E-state index contributed by atoms with van der Waals surface area (Å²) in [5, 5.41) is 16.5. The highest BCUT2D eigenvalue weighted by Gasteiger charge is 2.07. The predicted octanol–water partition coefficient (Wildman–Crippen LogP) is 2.34. The first-order valence-corrected chi connectivity index (χ1v) is 9.88. The van der Waals surface area contributed by atoms with E-state index in [2.05, 4.69) is 27.5 Å². The van der Waals surface area contributed by atoms with Crippen molar-refractivity contribution >= 4 is 17.3 Å². The Morgan fingerprint density at radius 3 is 2.78 bits per heavy atom. The quantitative estimate of drug-likeness (QED) is 0.425. The fraction of sp³-hybridized carbons (Fsp3) is 0.474. The number of thiazole rings is 1. The molecule has 8 heteroatoms. The second-order valence-electron chi connectivity index (χ2n) is 5.68. The summed E-state index contributed by atoms with van der Waals surface area (Å²) >= 11 is 1.72. The summed E-state index contributed by atoms with van der Waals surface area (Å²) in [6.07, 6.45) is 2.93. The van der Waals surface area contributed by atoms with Gasteiger partial charge in [0.1, 0.15) is 11.6 Å². The highest BCUT2D eigenvalue weighted by Crippen LogP contribution is 2.28. The van der Waals surface area contributed by atoms with Crippen LogP contribution in [0, 0.1) is 0 Å². The van der Waals surface area contributed by atoms with Crippen LogP contribution in [0.5, 0.6) is 11.5 Å². The number of nitrogens with one attached hydrogen (secondary N) is 2. The minimum Gasteiger partial charge on any atom is -0.493 e. The topological polar surface area (TPSA) is 88.0 Å². The molecule has 0 aliphatic heterocycles. The van der Waals surface area contributed by atoms with Crippen LogP contribution in [0.2, 0.25) is 0 Å². The largest absolute Gasteiger partial charge is 0.493 e. The van der Waals surface area contributed by atoms with Crippen molar-refractivity contribution in [2.24, 2.45) is 4.99 Å². The molecule has 0 spiro atoms. The SMILES string of the molecule is CCNC(=NCc1ccc(OCCO)c(OC)c1)NCc1ncc(CC)s1. The van der Waals surface area contributed by atoms with Crippen molar-refractivity contribution < 1.29 is 14.6 Å². The van der Waals surface area contributed by atoms with E-state index in [0.29, 0.717) is 24.6 Å². The molecule has 1 aromatic heterocycles. The Labute approximate surface area is 164 Å². The van der Waals surface area contributed by atoms with Crippen molar-refractivity contribution in [2.45, 2.75) is 33.4 Å². The number of aromatic nitrogens is 1. The maximum Gasteiger partial charge on any atom is 0.191 e. The molecule has 0 bridgehead atoms. The Hall–Kier alpha value is -2.32. The fourth-order valence-corrected chi connectivity index (χ4v) is 3.15. The minimum absolute atomic E-state index is 0.0360. The van der Waals surface area contributed by atoms with Crippen LogP contribution in [0.25, 0.3) is 0 Å². The zero-order valence-electron chi connectivity index (χ0n) is 16.1. The van der Waals surface area contributed by atoms with Crippen LogP contribution >= 0.6 is 11.3 Å². The third kappa shape index (κ3) is 6.73. The predicted molar refractivity (Wildman–Crippen MR) is 109 cm³/mol. The van der Waals surface area contributed by atoms with E-state index in [4.69, 9.17) is 14.6 Å². The number of nitrogens with zero attached hydrogens (tertiary/aromatic N) is 2. The van der Waals surface area contributed by atoms with Crippen LogP contribution in [0.3, 0.4) is 0 Å². The number of rotatable bonds is 10. The van der Waals surface area contributed by atoms with Crippen LogP contribution < -0.4 is 20.1 Å². The van der Waals surface area contributed by atoms with Gasteiger partial charge in [0.2, 0.25) is 0 Å². The van der Waals surface area contributed by atoms with Gasteiger partial charge in [-0.1, -0.05) is 13.0 Å². The lowest BCUT2D eigenvalue weighted by molar-refractivity contribution is 0.196. The van der Waals surface area contributed by atoms with Gasteiger partial charge >= 0.3 is 0 Å². The molecule has 7 nitrogen and oxygen atoms in total. The summed E-state index contributed by atoms with van der Waals surface area (Å²) in [6, 6.07) is 5.67. The van der Waals surface area contributed by atoms with Crippen molar-refractivity contribution in [3.63, 3.8) is 0 Å². The number of aliphatic hydroxyl groups is 1. The Kier molecular flexibility index (Phi) is 8.86. The van der Waals surface area contributed by atoms with Gasteiger partial charge < -0.3 is 25.2 Å². The molecule has 1 aromatic carbocycles. The van der Waals surface area contributed by atoms with Crippen LogP contribution in [0.1, 0.15) is 29.3 Å². The molecular weight excluding hydrogens is 364 g/mol. The van der Waals surface area contributed by atoms with Gasteiger partial charge in [-0.25, -0.2) is 9.98 Å². The average Bonchev–Trinajstić information content (AvgIpc) is 3.16. The van der Waals surface area contributed by atoms with E-state index in [-0.39, 0.29) is 13.2 Å². The van der Waals surface area contributed by atoms with Gasteiger partial charge in [0.25, 0.3) is 0 Å². The van der Waals surface area contributed by atoms with E-state index in [9.17, 15) is 0 Å². The monoisotopic (exact) mass is 392 g/mol. The summed E-state index contributed by atoms with van der Waals surface area (Å²) in [6.45, 7) is 6.29. The number of ether oxygens (including phenoxy) is 2. The fourth-order valence-electron chi connectivity index (χ4n) is 2.35. The van der Waals surface area contributed by atoms with Gasteiger partial charge in [-0.2, -0.15) is 0 Å². The molecule has 0 fully saturated rings. The zero-order valence-corrected chi connectivity index (χ0v) is 16.9. The van der Waals surface area contributed by atoms with Crippen molar-refractivity contribution in [2.75, 3.05) is 26.9 Å². The first-order valence-electron chi connectivity index (χ1n) is 9.06. The summed E-state index contributed by atoms with van der Waals surface area (Å²) in [5.41, 5.74) is 1.00. The van der Waals surface area contributed by atoms with Crippen LogP contribution in [0.15, 0.2) is 29.4 Å². The number of aryl methyl sites for hydroxylation is 1. The molecule has 0 saturated heterocycles. The van der Waals surface area contributed by atoms with Crippen molar-refractivity contribution in [3.05, 3.63) is 39.8 Å². The Morgan fingerprint density at radius 2 is 2.11 bits per heavy atom. The highest BCUT2D eigenvalue weighted by molar-refractivity contribution is 7.11. The standard InChI is InChI=1S/C19H28N4O3S/c1-4-15-12-21-18(27-15)13-23-19(20-5-2)22-11-14-6-7-16(26-9-8-24)17(10-14)25-3/h6-7,10,12,24H,4-5,8-9,11,13H2,1-3H3,(H2,20,22,23).